The molecule has 0 aliphatic heterocycles. The van der Waals surface area contributed by atoms with Crippen LogP contribution in [0.2, 0.25) is 0 Å². The molecule has 0 amide bonds. The third-order valence-electron chi connectivity index (χ3n) is 3.27. The maximum absolute atomic E-state index is 4.17. The van der Waals surface area contributed by atoms with Gasteiger partial charge < -0.3 is 5.32 Å². The molecular formula is C14H20N4. The largest absolute Gasteiger partial charge is 0.311 e. The van der Waals surface area contributed by atoms with Gasteiger partial charge >= 0.3 is 0 Å². The molecule has 2 rings (SSSR count). The first-order valence-electron chi connectivity index (χ1n) is 6.19. The standard InChI is InChI=1S/C14H20N4/c1-10-5-11(2)14(12(3)6-10)13(15-4)7-18-9-16-8-17-18/h5-6,8-9,13,15H,7H2,1-4H3. The van der Waals surface area contributed by atoms with Gasteiger partial charge in [-0.1, -0.05) is 17.7 Å². The first-order chi connectivity index (χ1) is 8.61. The second-order valence-corrected chi connectivity index (χ2v) is 4.77. The van der Waals surface area contributed by atoms with E-state index in [4.69, 9.17) is 0 Å². The Morgan fingerprint density at radius 2 is 1.89 bits per heavy atom. The molecule has 1 unspecified atom stereocenters. The molecule has 4 heteroatoms. The average Bonchev–Trinajstić information content (AvgIpc) is 2.79. The van der Waals surface area contributed by atoms with E-state index in [1.165, 1.54) is 22.3 Å². The molecule has 0 saturated heterocycles. The maximum atomic E-state index is 4.17. The SMILES string of the molecule is CNC(Cn1cncn1)c1c(C)cc(C)cc1C. The molecule has 0 radical (unpaired) electrons. The van der Waals surface area contributed by atoms with Gasteiger partial charge in [0.25, 0.3) is 0 Å². The van der Waals surface area contributed by atoms with Crippen molar-refractivity contribution in [3.05, 3.63) is 47.0 Å². The molecule has 0 saturated carbocycles. The normalized spacial score (nSPS) is 12.7. The Bertz CT molecular complexity index is 494. The van der Waals surface area contributed by atoms with Crippen LogP contribution in [-0.4, -0.2) is 21.8 Å². The van der Waals surface area contributed by atoms with Crippen molar-refractivity contribution in [3.8, 4) is 0 Å². The predicted octanol–water partition coefficient (Wildman–Crippen LogP) is 2.16. The van der Waals surface area contributed by atoms with E-state index in [1.807, 2.05) is 11.7 Å². The second-order valence-electron chi connectivity index (χ2n) is 4.77. The summed E-state index contributed by atoms with van der Waals surface area (Å²) in [5, 5.41) is 7.54. The summed E-state index contributed by atoms with van der Waals surface area (Å²) in [5.74, 6) is 0. The van der Waals surface area contributed by atoms with Gasteiger partial charge in [0.1, 0.15) is 12.7 Å². The fourth-order valence-corrected chi connectivity index (χ4v) is 2.58. The smallest absolute Gasteiger partial charge is 0.137 e. The van der Waals surface area contributed by atoms with Gasteiger partial charge in [-0.25, -0.2) is 4.98 Å². The molecular weight excluding hydrogens is 224 g/mol. The molecule has 1 N–H and O–H groups in total. The van der Waals surface area contributed by atoms with E-state index in [1.54, 1.807) is 12.7 Å². The van der Waals surface area contributed by atoms with Crippen molar-refractivity contribution >= 4 is 0 Å². The molecule has 0 aliphatic carbocycles. The van der Waals surface area contributed by atoms with Crippen LogP contribution in [0.5, 0.6) is 0 Å². The molecule has 1 aromatic heterocycles. The number of benzene rings is 1. The summed E-state index contributed by atoms with van der Waals surface area (Å²) in [7, 11) is 1.99. The number of hydrogen-bond donors (Lipinski definition) is 1. The summed E-state index contributed by atoms with van der Waals surface area (Å²) in [6.07, 6.45) is 3.32. The van der Waals surface area contributed by atoms with Crippen molar-refractivity contribution in [1.82, 2.24) is 20.1 Å². The van der Waals surface area contributed by atoms with Crippen molar-refractivity contribution in [2.75, 3.05) is 7.05 Å². The lowest BCUT2D eigenvalue weighted by Crippen LogP contribution is -2.24. The van der Waals surface area contributed by atoms with Gasteiger partial charge in [-0.2, -0.15) is 5.10 Å². The van der Waals surface area contributed by atoms with E-state index in [-0.39, 0.29) is 6.04 Å². The lowest BCUT2D eigenvalue weighted by Gasteiger charge is -2.21. The number of rotatable bonds is 4. The Morgan fingerprint density at radius 3 is 2.39 bits per heavy atom. The zero-order chi connectivity index (χ0) is 13.1. The lowest BCUT2D eigenvalue weighted by molar-refractivity contribution is 0.464. The molecule has 0 spiro atoms. The summed E-state index contributed by atoms with van der Waals surface area (Å²) < 4.78 is 1.86. The van der Waals surface area contributed by atoms with Crippen molar-refractivity contribution in [1.29, 1.82) is 0 Å². The van der Waals surface area contributed by atoms with Crippen molar-refractivity contribution in [2.45, 2.75) is 33.4 Å². The van der Waals surface area contributed by atoms with E-state index in [2.05, 4.69) is 48.3 Å². The van der Waals surface area contributed by atoms with Crippen LogP contribution in [0.25, 0.3) is 0 Å². The second kappa shape index (κ2) is 5.31. The van der Waals surface area contributed by atoms with Crippen LogP contribution in [0.1, 0.15) is 28.3 Å². The summed E-state index contributed by atoms with van der Waals surface area (Å²) >= 11 is 0. The van der Waals surface area contributed by atoms with Crippen LogP contribution >= 0.6 is 0 Å². The topological polar surface area (TPSA) is 42.7 Å². The first kappa shape index (κ1) is 12.8. The fraction of sp³-hybridized carbons (Fsp3) is 0.429. The van der Waals surface area contributed by atoms with Gasteiger partial charge in [0.2, 0.25) is 0 Å². The fourth-order valence-electron chi connectivity index (χ4n) is 2.58. The van der Waals surface area contributed by atoms with Crippen molar-refractivity contribution < 1.29 is 0 Å². The Balaban J connectivity index is 2.33. The molecule has 1 heterocycles. The summed E-state index contributed by atoms with van der Waals surface area (Å²) in [6, 6.07) is 4.72. The molecule has 0 bridgehead atoms. The number of hydrogen-bond acceptors (Lipinski definition) is 3. The zero-order valence-electron chi connectivity index (χ0n) is 11.4. The van der Waals surface area contributed by atoms with Crippen LogP contribution in [0.4, 0.5) is 0 Å². The predicted molar refractivity (Wildman–Crippen MR) is 72.5 cm³/mol. The third kappa shape index (κ3) is 2.59. The van der Waals surface area contributed by atoms with E-state index < -0.39 is 0 Å². The van der Waals surface area contributed by atoms with Gasteiger partial charge in [-0.3, -0.25) is 4.68 Å². The Labute approximate surface area is 108 Å². The highest BCUT2D eigenvalue weighted by atomic mass is 15.3. The molecule has 0 aliphatic rings. The highest BCUT2D eigenvalue weighted by molar-refractivity contribution is 5.39. The first-order valence-corrected chi connectivity index (χ1v) is 6.19. The Hall–Kier alpha value is -1.68. The number of nitrogens with zero attached hydrogens (tertiary/aromatic N) is 3. The van der Waals surface area contributed by atoms with Crippen molar-refractivity contribution in [2.24, 2.45) is 0 Å². The van der Waals surface area contributed by atoms with Crippen LogP contribution in [0.3, 0.4) is 0 Å². The maximum Gasteiger partial charge on any atom is 0.137 e. The molecule has 1 atom stereocenters. The summed E-state index contributed by atoms with van der Waals surface area (Å²) in [5.41, 5.74) is 5.32. The minimum atomic E-state index is 0.257. The highest BCUT2D eigenvalue weighted by Gasteiger charge is 2.15. The monoisotopic (exact) mass is 244 g/mol. The Morgan fingerprint density at radius 1 is 1.22 bits per heavy atom. The molecule has 18 heavy (non-hydrogen) atoms. The summed E-state index contributed by atoms with van der Waals surface area (Å²) in [4.78, 5) is 3.99. The number of aromatic nitrogens is 3. The minimum Gasteiger partial charge on any atom is -0.311 e. The average molecular weight is 244 g/mol. The highest BCUT2D eigenvalue weighted by Crippen LogP contribution is 2.24. The molecule has 2 aromatic rings. The van der Waals surface area contributed by atoms with Crippen LogP contribution in [-0.2, 0) is 6.54 Å². The van der Waals surface area contributed by atoms with E-state index >= 15 is 0 Å². The van der Waals surface area contributed by atoms with Gasteiger partial charge in [0.05, 0.1) is 12.6 Å². The van der Waals surface area contributed by atoms with E-state index in [0.717, 1.165) is 6.54 Å². The molecule has 96 valence electrons. The third-order valence-corrected chi connectivity index (χ3v) is 3.27. The molecule has 1 aromatic carbocycles. The van der Waals surface area contributed by atoms with Crippen molar-refractivity contribution in [3.63, 3.8) is 0 Å². The summed E-state index contributed by atoms with van der Waals surface area (Å²) in [6.45, 7) is 7.26. The van der Waals surface area contributed by atoms with Crippen LogP contribution in [0.15, 0.2) is 24.8 Å². The van der Waals surface area contributed by atoms with Gasteiger partial charge in [-0.15, -0.1) is 0 Å². The van der Waals surface area contributed by atoms with Crippen LogP contribution in [0, 0.1) is 20.8 Å². The van der Waals surface area contributed by atoms with E-state index in [9.17, 15) is 0 Å². The van der Waals surface area contributed by atoms with Gasteiger partial charge in [0.15, 0.2) is 0 Å². The Kier molecular flexibility index (Phi) is 3.77. The molecule has 0 fully saturated rings. The molecule has 4 nitrogen and oxygen atoms in total. The minimum absolute atomic E-state index is 0.257. The number of likely N-dealkylation sites (N-methyl/N-ethyl adjacent to an activating group) is 1. The van der Waals surface area contributed by atoms with Gasteiger partial charge in [0, 0.05) is 0 Å². The quantitative estimate of drug-likeness (QED) is 0.896. The van der Waals surface area contributed by atoms with Gasteiger partial charge in [-0.05, 0) is 44.5 Å². The number of aryl methyl sites for hydroxylation is 3. The zero-order valence-corrected chi connectivity index (χ0v) is 11.4. The van der Waals surface area contributed by atoms with E-state index in [0.29, 0.717) is 0 Å². The lowest BCUT2D eigenvalue weighted by atomic mass is 9.94. The van der Waals surface area contributed by atoms with Crippen LogP contribution < -0.4 is 5.32 Å². The number of nitrogens with one attached hydrogen (secondary N) is 1.